The number of hydrogen-bond donors (Lipinski definition) is 1. The normalized spacial score (nSPS) is 13.6. The molecule has 2 N–H and O–H groups in total. The summed E-state index contributed by atoms with van der Waals surface area (Å²) < 4.78 is 22.2. The van der Waals surface area contributed by atoms with Crippen LogP contribution < -0.4 is 5.73 Å². The highest BCUT2D eigenvalue weighted by atomic mass is 32.2. The van der Waals surface area contributed by atoms with Crippen molar-refractivity contribution in [1.82, 2.24) is 9.80 Å². The minimum absolute atomic E-state index is 0.0481. The Balaban J connectivity index is 4.43. The van der Waals surface area contributed by atoms with Crippen LogP contribution in [-0.4, -0.2) is 75.9 Å². The third-order valence-electron chi connectivity index (χ3n) is 2.74. The number of hydrogen-bond acceptors (Lipinski definition) is 5. The maximum atomic E-state index is 12.2. The second-order valence-corrected chi connectivity index (χ2v) is 7.41. The SMILES string of the molecule is CCCN(CCN(C)C)C(=O)C(N)CCS(C)(=O)=O. The molecule has 0 aliphatic heterocycles. The predicted molar refractivity (Wildman–Crippen MR) is 77.7 cm³/mol. The Morgan fingerprint density at radius 3 is 2.21 bits per heavy atom. The molecule has 0 bridgehead atoms. The molecule has 0 saturated heterocycles. The maximum absolute atomic E-state index is 12.2. The summed E-state index contributed by atoms with van der Waals surface area (Å²) in [6, 6.07) is -0.733. The molecule has 7 heteroatoms. The van der Waals surface area contributed by atoms with Crippen molar-refractivity contribution in [3.8, 4) is 0 Å². The molecular formula is C12H27N3O3S. The number of carbonyl (C=O) groups is 1. The van der Waals surface area contributed by atoms with E-state index in [0.29, 0.717) is 13.1 Å². The Hall–Kier alpha value is -0.660. The van der Waals surface area contributed by atoms with Crippen LogP contribution in [0.3, 0.4) is 0 Å². The number of nitrogens with zero attached hydrogens (tertiary/aromatic N) is 2. The van der Waals surface area contributed by atoms with Gasteiger partial charge in [-0.1, -0.05) is 6.92 Å². The van der Waals surface area contributed by atoms with E-state index in [1.54, 1.807) is 4.90 Å². The van der Waals surface area contributed by atoms with Crippen molar-refractivity contribution < 1.29 is 13.2 Å². The van der Waals surface area contributed by atoms with Gasteiger partial charge in [-0.2, -0.15) is 0 Å². The maximum Gasteiger partial charge on any atom is 0.239 e. The molecule has 0 fully saturated rings. The Bertz CT molecular complexity index is 368. The zero-order chi connectivity index (χ0) is 15.1. The zero-order valence-corrected chi connectivity index (χ0v) is 13.2. The largest absolute Gasteiger partial charge is 0.340 e. The van der Waals surface area contributed by atoms with Crippen LogP contribution in [0.2, 0.25) is 0 Å². The summed E-state index contributed by atoms with van der Waals surface area (Å²) in [6.45, 7) is 4.04. The summed E-state index contributed by atoms with van der Waals surface area (Å²) in [5.74, 6) is -0.208. The van der Waals surface area contributed by atoms with E-state index in [2.05, 4.69) is 0 Å². The lowest BCUT2D eigenvalue weighted by Crippen LogP contribution is -2.47. The predicted octanol–water partition coefficient (Wildman–Crippen LogP) is -0.451. The molecule has 0 saturated carbocycles. The molecule has 0 rings (SSSR count). The molecule has 0 aromatic carbocycles. The minimum atomic E-state index is -3.08. The van der Waals surface area contributed by atoms with Crippen molar-refractivity contribution in [2.24, 2.45) is 5.73 Å². The molecule has 6 nitrogen and oxygen atoms in total. The second kappa shape index (κ2) is 8.50. The fraction of sp³-hybridized carbons (Fsp3) is 0.917. The minimum Gasteiger partial charge on any atom is -0.340 e. The van der Waals surface area contributed by atoms with Gasteiger partial charge < -0.3 is 15.5 Å². The molecule has 0 spiro atoms. The fourth-order valence-corrected chi connectivity index (χ4v) is 2.30. The Labute approximate surface area is 116 Å². The lowest BCUT2D eigenvalue weighted by Gasteiger charge is -2.26. The van der Waals surface area contributed by atoms with E-state index < -0.39 is 15.9 Å². The summed E-state index contributed by atoms with van der Waals surface area (Å²) in [5.41, 5.74) is 5.79. The summed E-state index contributed by atoms with van der Waals surface area (Å²) in [4.78, 5) is 15.9. The molecular weight excluding hydrogens is 266 g/mol. The summed E-state index contributed by atoms with van der Waals surface area (Å²) >= 11 is 0. The van der Waals surface area contributed by atoms with E-state index >= 15 is 0 Å². The molecule has 19 heavy (non-hydrogen) atoms. The molecule has 0 radical (unpaired) electrons. The van der Waals surface area contributed by atoms with Crippen molar-refractivity contribution in [3.63, 3.8) is 0 Å². The van der Waals surface area contributed by atoms with Gasteiger partial charge in [-0.05, 0) is 26.9 Å². The molecule has 1 amide bonds. The molecule has 1 unspecified atom stereocenters. The highest BCUT2D eigenvalue weighted by molar-refractivity contribution is 7.90. The van der Waals surface area contributed by atoms with Crippen LogP contribution in [0.15, 0.2) is 0 Å². The number of carbonyl (C=O) groups excluding carboxylic acids is 1. The molecule has 0 aliphatic rings. The first-order valence-electron chi connectivity index (χ1n) is 6.54. The van der Waals surface area contributed by atoms with Crippen molar-refractivity contribution in [2.45, 2.75) is 25.8 Å². The van der Waals surface area contributed by atoms with Gasteiger partial charge in [-0.15, -0.1) is 0 Å². The van der Waals surface area contributed by atoms with Gasteiger partial charge in [0.1, 0.15) is 9.84 Å². The number of nitrogens with two attached hydrogens (primary N) is 1. The zero-order valence-electron chi connectivity index (χ0n) is 12.4. The standard InChI is InChI=1S/C12H27N3O3S/c1-5-7-15(9-8-14(2)3)12(16)11(13)6-10-19(4,17)18/h11H,5-10,13H2,1-4H3. The van der Waals surface area contributed by atoms with Gasteiger partial charge in [0.25, 0.3) is 0 Å². The Kier molecular flexibility index (Phi) is 8.20. The van der Waals surface area contributed by atoms with Crippen LogP contribution >= 0.6 is 0 Å². The lowest BCUT2D eigenvalue weighted by atomic mass is 10.2. The second-order valence-electron chi connectivity index (χ2n) is 5.15. The smallest absolute Gasteiger partial charge is 0.239 e. The van der Waals surface area contributed by atoms with E-state index in [0.717, 1.165) is 19.2 Å². The van der Waals surface area contributed by atoms with Crippen LogP contribution in [0.5, 0.6) is 0 Å². The van der Waals surface area contributed by atoms with Gasteiger partial charge in [-0.25, -0.2) is 8.42 Å². The third kappa shape index (κ3) is 8.96. The van der Waals surface area contributed by atoms with Crippen LogP contribution in [0.4, 0.5) is 0 Å². The first-order chi connectivity index (χ1) is 8.67. The molecule has 0 aromatic rings. The quantitative estimate of drug-likeness (QED) is 0.622. The monoisotopic (exact) mass is 293 g/mol. The number of sulfone groups is 1. The van der Waals surface area contributed by atoms with Gasteiger partial charge in [-0.3, -0.25) is 4.79 Å². The van der Waals surface area contributed by atoms with E-state index in [4.69, 9.17) is 5.73 Å². The molecule has 114 valence electrons. The molecule has 0 aliphatic carbocycles. The van der Waals surface area contributed by atoms with E-state index in [-0.39, 0.29) is 18.1 Å². The molecule has 1 atom stereocenters. The van der Waals surface area contributed by atoms with E-state index in [9.17, 15) is 13.2 Å². The average molecular weight is 293 g/mol. The number of amides is 1. The number of rotatable bonds is 9. The fourth-order valence-electron chi connectivity index (χ4n) is 1.62. The van der Waals surface area contributed by atoms with Crippen LogP contribution in [0, 0.1) is 0 Å². The van der Waals surface area contributed by atoms with Gasteiger partial charge >= 0.3 is 0 Å². The van der Waals surface area contributed by atoms with E-state index in [1.165, 1.54) is 0 Å². The van der Waals surface area contributed by atoms with Gasteiger partial charge in [0.2, 0.25) is 5.91 Å². The van der Waals surface area contributed by atoms with Crippen LogP contribution in [-0.2, 0) is 14.6 Å². The first kappa shape index (κ1) is 18.3. The Morgan fingerprint density at radius 1 is 1.21 bits per heavy atom. The molecule has 0 heterocycles. The third-order valence-corrected chi connectivity index (χ3v) is 3.72. The first-order valence-corrected chi connectivity index (χ1v) is 8.60. The van der Waals surface area contributed by atoms with Crippen molar-refractivity contribution in [1.29, 1.82) is 0 Å². The average Bonchev–Trinajstić information content (AvgIpc) is 2.29. The highest BCUT2D eigenvalue weighted by Gasteiger charge is 2.21. The van der Waals surface area contributed by atoms with Gasteiger partial charge in [0, 0.05) is 25.9 Å². The highest BCUT2D eigenvalue weighted by Crippen LogP contribution is 2.01. The lowest BCUT2D eigenvalue weighted by molar-refractivity contribution is -0.132. The molecule has 0 aromatic heterocycles. The summed E-state index contributed by atoms with van der Waals surface area (Å²) in [5, 5.41) is 0. The van der Waals surface area contributed by atoms with Crippen molar-refractivity contribution in [2.75, 3.05) is 45.7 Å². The summed E-state index contributed by atoms with van der Waals surface area (Å²) in [7, 11) is 0.810. The van der Waals surface area contributed by atoms with Gasteiger partial charge in [0.05, 0.1) is 11.8 Å². The Morgan fingerprint density at radius 2 is 1.79 bits per heavy atom. The van der Waals surface area contributed by atoms with E-state index in [1.807, 2.05) is 25.9 Å². The summed E-state index contributed by atoms with van der Waals surface area (Å²) in [6.07, 6.45) is 2.19. The number of likely N-dealkylation sites (N-methyl/N-ethyl adjacent to an activating group) is 1. The van der Waals surface area contributed by atoms with Crippen LogP contribution in [0.25, 0.3) is 0 Å². The van der Waals surface area contributed by atoms with Crippen molar-refractivity contribution >= 4 is 15.7 Å². The van der Waals surface area contributed by atoms with Crippen molar-refractivity contribution in [3.05, 3.63) is 0 Å². The van der Waals surface area contributed by atoms with Crippen LogP contribution in [0.1, 0.15) is 19.8 Å². The topological polar surface area (TPSA) is 83.7 Å². The van der Waals surface area contributed by atoms with Gasteiger partial charge in [0.15, 0.2) is 0 Å².